The van der Waals surface area contributed by atoms with E-state index in [9.17, 15) is 0 Å². The molecule has 0 aliphatic heterocycles. The van der Waals surface area contributed by atoms with Gasteiger partial charge in [0.05, 0.1) is 18.8 Å². The molecule has 2 aliphatic rings. The summed E-state index contributed by atoms with van der Waals surface area (Å²) in [7, 11) is 0. The third kappa shape index (κ3) is 13.7. The molecule has 2 radical (unpaired) electrons. The Morgan fingerprint density at radius 1 is 0.667 bits per heavy atom. The average molecular weight is 379 g/mol. The lowest BCUT2D eigenvalue weighted by Crippen LogP contribution is -2.05. The Morgan fingerprint density at radius 2 is 1.15 bits per heavy atom. The van der Waals surface area contributed by atoms with E-state index in [1.165, 1.54) is 103 Å². The number of hydrogen-bond acceptors (Lipinski definition) is 2. The third-order valence-electron chi connectivity index (χ3n) is 6.04. The molecule has 2 heteroatoms. The fraction of sp³-hybridized carbons (Fsp3) is 0.920. The molecule has 2 nitrogen and oxygen atoms in total. The van der Waals surface area contributed by atoms with E-state index in [4.69, 9.17) is 9.47 Å². The smallest absolute Gasteiger partial charge is 0.0630 e. The van der Waals surface area contributed by atoms with Crippen LogP contribution in [0.4, 0.5) is 0 Å². The van der Waals surface area contributed by atoms with Gasteiger partial charge in [-0.3, -0.25) is 0 Å². The highest BCUT2D eigenvalue weighted by molar-refractivity contribution is 4.98. The van der Waals surface area contributed by atoms with Gasteiger partial charge in [0.2, 0.25) is 0 Å². The van der Waals surface area contributed by atoms with Gasteiger partial charge in [-0.2, -0.15) is 0 Å². The summed E-state index contributed by atoms with van der Waals surface area (Å²) in [6.45, 7) is 5.79. The molecule has 2 fully saturated rings. The van der Waals surface area contributed by atoms with Gasteiger partial charge in [0.15, 0.2) is 0 Å². The SMILES string of the molecule is [CH2]CCCCCCCCCCCCCCCCCOC1CC1COC1[CH]C1. The molecular formula is C25H46O2. The van der Waals surface area contributed by atoms with Crippen LogP contribution in [0.25, 0.3) is 0 Å². The Bertz CT molecular complexity index is 326. The molecule has 3 unspecified atom stereocenters. The van der Waals surface area contributed by atoms with Crippen molar-refractivity contribution in [2.24, 2.45) is 5.92 Å². The van der Waals surface area contributed by atoms with E-state index in [2.05, 4.69) is 13.3 Å². The van der Waals surface area contributed by atoms with Crippen molar-refractivity contribution in [3.63, 3.8) is 0 Å². The quantitative estimate of drug-likeness (QED) is 0.193. The third-order valence-corrected chi connectivity index (χ3v) is 6.04. The topological polar surface area (TPSA) is 18.5 Å². The Balaban J connectivity index is 1.18. The van der Waals surface area contributed by atoms with E-state index in [-0.39, 0.29) is 0 Å². The molecule has 0 bridgehead atoms. The summed E-state index contributed by atoms with van der Waals surface area (Å²) in [5, 5.41) is 0. The molecule has 27 heavy (non-hydrogen) atoms. The van der Waals surface area contributed by atoms with Crippen molar-refractivity contribution in [3.05, 3.63) is 13.3 Å². The number of hydrogen-bond donors (Lipinski definition) is 0. The van der Waals surface area contributed by atoms with Gasteiger partial charge in [0.1, 0.15) is 0 Å². The second-order valence-electron chi connectivity index (χ2n) is 8.91. The van der Waals surface area contributed by atoms with Gasteiger partial charge < -0.3 is 9.47 Å². The van der Waals surface area contributed by atoms with E-state index in [0.717, 1.165) is 26.1 Å². The molecule has 0 N–H and O–H groups in total. The second-order valence-corrected chi connectivity index (χ2v) is 8.91. The zero-order valence-electron chi connectivity index (χ0n) is 18.0. The molecule has 0 spiro atoms. The minimum atomic E-state index is 0.477. The molecule has 0 aromatic carbocycles. The lowest BCUT2D eigenvalue weighted by Gasteiger charge is -2.05. The monoisotopic (exact) mass is 378 g/mol. The molecule has 0 aromatic rings. The van der Waals surface area contributed by atoms with Crippen molar-refractivity contribution >= 4 is 0 Å². The predicted octanol–water partition coefficient (Wildman–Crippen LogP) is 7.46. The van der Waals surface area contributed by atoms with Crippen molar-refractivity contribution in [3.8, 4) is 0 Å². The summed E-state index contributed by atoms with van der Waals surface area (Å²) < 4.78 is 11.7. The molecule has 158 valence electrons. The van der Waals surface area contributed by atoms with Gasteiger partial charge in [-0.1, -0.05) is 103 Å². The van der Waals surface area contributed by atoms with Crippen LogP contribution in [0.5, 0.6) is 0 Å². The lowest BCUT2D eigenvalue weighted by molar-refractivity contribution is 0.0696. The van der Waals surface area contributed by atoms with E-state index < -0.39 is 0 Å². The number of ether oxygens (including phenoxy) is 2. The molecule has 2 saturated carbocycles. The highest BCUT2D eigenvalue weighted by Crippen LogP contribution is 2.36. The Morgan fingerprint density at radius 3 is 1.63 bits per heavy atom. The number of unbranched alkanes of at least 4 members (excludes halogenated alkanes) is 15. The molecule has 0 saturated heterocycles. The van der Waals surface area contributed by atoms with Gasteiger partial charge in [-0.05, 0) is 25.7 Å². The van der Waals surface area contributed by atoms with Gasteiger partial charge in [-0.15, -0.1) is 0 Å². The first-order chi connectivity index (χ1) is 13.4. The molecule has 0 amide bonds. The summed E-state index contributed by atoms with van der Waals surface area (Å²) in [6.07, 6.45) is 27.9. The summed E-state index contributed by atoms with van der Waals surface area (Å²) in [4.78, 5) is 0. The van der Waals surface area contributed by atoms with Crippen LogP contribution in [0.2, 0.25) is 0 Å². The Kier molecular flexibility index (Phi) is 13.6. The summed E-state index contributed by atoms with van der Waals surface area (Å²) >= 11 is 0. The van der Waals surface area contributed by atoms with Crippen LogP contribution in [0.15, 0.2) is 0 Å². The fourth-order valence-corrected chi connectivity index (χ4v) is 3.85. The second kappa shape index (κ2) is 15.8. The first-order valence-electron chi connectivity index (χ1n) is 12.3. The van der Waals surface area contributed by atoms with Gasteiger partial charge in [0.25, 0.3) is 0 Å². The van der Waals surface area contributed by atoms with Crippen LogP contribution < -0.4 is 0 Å². The highest BCUT2D eigenvalue weighted by Gasteiger charge is 2.39. The van der Waals surface area contributed by atoms with E-state index in [1.807, 2.05) is 0 Å². The molecule has 2 aliphatic carbocycles. The zero-order valence-corrected chi connectivity index (χ0v) is 18.0. The molecule has 2 rings (SSSR count). The molecule has 0 heterocycles. The number of rotatable bonds is 21. The van der Waals surface area contributed by atoms with Crippen molar-refractivity contribution in [2.75, 3.05) is 13.2 Å². The maximum absolute atomic E-state index is 5.94. The van der Waals surface area contributed by atoms with Crippen LogP contribution in [0.3, 0.4) is 0 Å². The lowest BCUT2D eigenvalue weighted by atomic mass is 10.0. The molecule has 3 atom stereocenters. The summed E-state index contributed by atoms with van der Waals surface area (Å²) in [5.41, 5.74) is 0. The van der Waals surface area contributed by atoms with Crippen LogP contribution in [-0.4, -0.2) is 25.4 Å². The normalized spacial score (nSPS) is 21.7. The first kappa shape index (κ1) is 23.2. The summed E-state index contributed by atoms with van der Waals surface area (Å²) in [5.74, 6) is 0.692. The van der Waals surface area contributed by atoms with Crippen molar-refractivity contribution < 1.29 is 9.47 Å². The summed E-state index contributed by atoms with van der Waals surface area (Å²) in [6, 6.07) is 0. The maximum Gasteiger partial charge on any atom is 0.0630 e. The van der Waals surface area contributed by atoms with Crippen LogP contribution >= 0.6 is 0 Å². The van der Waals surface area contributed by atoms with Crippen molar-refractivity contribution in [2.45, 2.75) is 128 Å². The first-order valence-corrected chi connectivity index (χ1v) is 12.3. The minimum Gasteiger partial charge on any atom is -0.378 e. The van der Waals surface area contributed by atoms with Gasteiger partial charge in [0, 0.05) is 12.5 Å². The van der Waals surface area contributed by atoms with Gasteiger partial charge in [-0.25, -0.2) is 0 Å². The predicted molar refractivity (Wildman–Crippen MR) is 116 cm³/mol. The van der Waals surface area contributed by atoms with Crippen molar-refractivity contribution in [1.29, 1.82) is 0 Å². The van der Waals surface area contributed by atoms with E-state index in [0.29, 0.717) is 18.1 Å². The average Bonchev–Trinajstić information content (AvgIpc) is 3.58. The van der Waals surface area contributed by atoms with E-state index in [1.54, 1.807) is 0 Å². The Hall–Kier alpha value is -0.0800. The van der Waals surface area contributed by atoms with Crippen LogP contribution in [-0.2, 0) is 9.47 Å². The fourth-order valence-electron chi connectivity index (χ4n) is 3.85. The molecule has 0 aromatic heterocycles. The zero-order chi connectivity index (χ0) is 19.0. The standard InChI is InChI=1S/C25H46O2/c1-2-3-4-5-6-7-8-9-10-11-12-13-14-15-16-17-20-26-25-21-23(25)22-27-24-18-19-24/h18,23-25H,1-17,19-22H2. The minimum absolute atomic E-state index is 0.477. The van der Waals surface area contributed by atoms with Crippen molar-refractivity contribution in [1.82, 2.24) is 0 Å². The molecular weight excluding hydrogens is 332 g/mol. The largest absolute Gasteiger partial charge is 0.378 e. The maximum atomic E-state index is 5.94. The van der Waals surface area contributed by atoms with Gasteiger partial charge >= 0.3 is 0 Å². The Labute approximate surface area is 170 Å². The highest BCUT2D eigenvalue weighted by atomic mass is 16.5. The van der Waals surface area contributed by atoms with Crippen LogP contribution in [0, 0.1) is 19.3 Å². The van der Waals surface area contributed by atoms with E-state index >= 15 is 0 Å². The van der Waals surface area contributed by atoms with Crippen LogP contribution in [0.1, 0.15) is 116 Å².